The van der Waals surface area contributed by atoms with Crippen LogP contribution in [0, 0.1) is 0 Å². The van der Waals surface area contributed by atoms with E-state index < -0.39 is 22.3 Å². The Kier molecular flexibility index (Phi) is 16.5. The molecule has 0 saturated heterocycles. The number of para-hydroxylation sites is 9. The van der Waals surface area contributed by atoms with E-state index in [0.29, 0.717) is 15.9 Å². The Hall–Kier alpha value is -13.0. The molecule has 12 heteroatoms. The van der Waals surface area contributed by atoms with Crippen LogP contribution < -0.4 is 43.9 Å². The first-order valence-electron chi connectivity index (χ1n) is 36.2. The van der Waals surface area contributed by atoms with Gasteiger partial charge < -0.3 is 0 Å². The third-order valence-corrected chi connectivity index (χ3v) is 29.5. The van der Waals surface area contributed by atoms with Crippen molar-refractivity contribution in [1.29, 1.82) is 0 Å². The van der Waals surface area contributed by atoms with E-state index >= 15 is 13.7 Å². The Morgan fingerprint density at radius 2 is 0.315 bits per heavy atom. The summed E-state index contributed by atoms with van der Waals surface area (Å²) < 4.78 is 65.6. The van der Waals surface area contributed by atoms with Gasteiger partial charge in [-0.3, -0.25) is 41.7 Å². The highest BCUT2D eigenvalue weighted by Gasteiger charge is 2.52. The Balaban J connectivity index is 0.819. The summed E-state index contributed by atoms with van der Waals surface area (Å²) >= 11 is 0. The van der Waals surface area contributed by atoms with Crippen molar-refractivity contribution in [3.8, 4) is 66.8 Å². The zero-order chi connectivity index (χ0) is 72.3. The molecule has 0 fully saturated rings. The highest BCUT2D eigenvalue weighted by molar-refractivity contribution is 7.77. The molecule has 9 nitrogen and oxygen atoms in total. The molecule has 0 bridgehead atoms. The third-order valence-electron chi connectivity index (χ3n) is 20.7. The van der Waals surface area contributed by atoms with E-state index in [-0.39, 0.29) is 0 Å². The Morgan fingerprint density at radius 1 is 0.139 bits per heavy atom. The van der Waals surface area contributed by atoms with Gasteiger partial charge in [0.1, 0.15) is 0 Å². The summed E-state index contributed by atoms with van der Waals surface area (Å²) in [5.41, 5.74) is 20.8. The van der Waals surface area contributed by atoms with Crippen LogP contribution in [0.2, 0.25) is 0 Å². The monoisotopic (exact) mass is 1450 g/mol. The van der Waals surface area contributed by atoms with Gasteiger partial charge in [-0.25, -0.2) is 0 Å². The van der Waals surface area contributed by atoms with Crippen molar-refractivity contribution in [2.45, 2.75) is 0 Å². The summed E-state index contributed by atoms with van der Waals surface area (Å²) in [7, 11) is -11.9. The summed E-state index contributed by atoms with van der Waals surface area (Å²) in [6, 6.07) is 142. The molecule has 16 aromatic rings. The van der Waals surface area contributed by atoms with E-state index in [1.54, 1.807) is 0 Å². The van der Waals surface area contributed by atoms with Crippen molar-refractivity contribution in [1.82, 2.24) is 0 Å². The van der Waals surface area contributed by atoms with Crippen molar-refractivity contribution in [2.24, 2.45) is 0 Å². The van der Waals surface area contributed by atoms with Crippen molar-refractivity contribution < 1.29 is 13.7 Å². The van der Waals surface area contributed by atoms with E-state index in [9.17, 15) is 0 Å². The molecular formula is C96H69N6O3P3. The molecule has 16 aromatic carbocycles. The number of anilines is 12. The predicted octanol–water partition coefficient (Wildman–Crippen LogP) is 26.1. The lowest BCUT2D eigenvalue weighted by molar-refractivity contribution is 0.581. The van der Waals surface area contributed by atoms with Crippen LogP contribution in [0.25, 0.3) is 66.8 Å². The van der Waals surface area contributed by atoms with Gasteiger partial charge in [0.05, 0.1) is 67.1 Å². The van der Waals surface area contributed by atoms with Gasteiger partial charge in [-0.1, -0.05) is 255 Å². The molecule has 0 N–H and O–H groups in total. The number of benzene rings is 16. The van der Waals surface area contributed by atoms with Crippen LogP contribution in [0.3, 0.4) is 0 Å². The fourth-order valence-electron chi connectivity index (χ4n) is 15.9. The minimum atomic E-state index is -3.95. The zero-order valence-electron chi connectivity index (χ0n) is 58.6. The van der Waals surface area contributed by atoms with Crippen LogP contribution in [-0.2, 0) is 13.7 Å². The van der Waals surface area contributed by atoms with E-state index in [4.69, 9.17) is 0 Å². The summed E-state index contributed by atoms with van der Waals surface area (Å²) in [6.07, 6.45) is 0. The molecule has 0 aliphatic carbocycles. The zero-order valence-corrected chi connectivity index (χ0v) is 61.3. The first kappa shape index (κ1) is 65.7. The second-order valence-corrected chi connectivity index (χ2v) is 34.4. The number of fused-ring (bicyclic) bond motifs is 3. The largest absolute Gasteiger partial charge is 0.301 e. The SMILES string of the molecule is O=P1(c2cccc(-c3cc(-c4cccc(P5(=O)N(c6ccccc6)c6ccccc6N5c5cccc(-c6ccccc6)c5)c4)cc(-c4cccc(P5(=O)N(c6ccccc6)c6ccccc6N5c5cccc(-c6ccccc6)c5)c4)c3)c2)N(c2ccccc2)c2ccccc2N1c1cccc(-c2ccccc2)c1. The average Bonchev–Trinajstić information content (AvgIpc) is 1.56. The van der Waals surface area contributed by atoms with E-state index in [2.05, 4.69) is 196 Å². The van der Waals surface area contributed by atoms with Crippen LogP contribution in [0.1, 0.15) is 0 Å². The topological polar surface area (TPSA) is 70.6 Å². The molecule has 0 radical (unpaired) electrons. The van der Waals surface area contributed by atoms with Crippen LogP contribution in [0.4, 0.5) is 68.2 Å². The summed E-state index contributed by atoms with van der Waals surface area (Å²) in [4.78, 5) is 0. The second-order valence-electron chi connectivity index (χ2n) is 27.2. The van der Waals surface area contributed by atoms with Crippen molar-refractivity contribution in [2.75, 3.05) is 28.0 Å². The van der Waals surface area contributed by atoms with Crippen LogP contribution >= 0.6 is 22.3 Å². The second kappa shape index (κ2) is 27.2. The predicted molar refractivity (Wildman–Crippen MR) is 452 cm³/mol. The minimum Gasteiger partial charge on any atom is -0.270 e. The van der Waals surface area contributed by atoms with E-state index in [0.717, 1.165) is 135 Å². The minimum absolute atomic E-state index is 0.619. The highest BCUT2D eigenvalue weighted by Crippen LogP contribution is 2.73. The summed E-state index contributed by atoms with van der Waals surface area (Å²) in [6.45, 7) is 0. The maximum Gasteiger partial charge on any atom is 0.301 e. The van der Waals surface area contributed by atoms with Gasteiger partial charge in [-0.15, -0.1) is 0 Å². The Morgan fingerprint density at radius 3 is 0.556 bits per heavy atom. The third kappa shape index (κ3) is 11.1. The quantitative estimate of drug-likeness (QED) is 0.0934. The van der Waals surface area contributed by atoms with Crippen molar-refractivity contribution in [3.05, 3.63) is 419 Å². The van der Waals surface area contributed by atoms with Crippen LogP contribution in [-0.4, -0.2) is 0 Å². The molecule has 19 rings (SSSR count). The normalized spacial score (nSPS) is 17.0. The summed E-state index contributed by atoms with van der Waals surface area (Å²) in [5, 5.41) is 1.86. The first-order chi connectivity index (χ1) is 53.2. The number of hydrogen-bond acceptors (Lipinski definition) is 3. The Labute approximate surface area is 629 Å². The van der Waals surface area contributed by atoms with Gasteiger partial charge in [-0.05, 0) is 231 Å². The molecule has 3 heterocycles. The maximum absolute atomic E-state index is 17.8. The fourth-order valence-corrected chi connectivity index (χ4v) is 25.0. The van der Waals surface area contributed by atoms with Gasteiger partial charge in [0, 0.05) is 17.1 Å². The molecule has 108 heavy (non-hydrogen) atoms. The molecule has 3 atom stereocenters. The van der Waals surface area contributed by atoms with Gasteiger partial charge in [0.2, 0.25) is 0 Å². The summed E-state index contributed by atoms with van der Waals surface area (Å²) in [5.74, 6) is 0. The number of nitrogens with zero attached hydrogens (tertiary/aromatic N) is 6. The molecule has 0 aromatic heterocycles. The van der Waals surface area contributed by atoms with Crippen molar-refractivity contribution >= 4 is 106 Å². The van der Waals surface area contributed by atoms with Crippen LogP contribution in [0.5, 0.6) is 0 Å². The standard InChI is InChI=1S/C96H69N6O3P3/c103-106(97(82-43-13-4-14-44-82)91-55-19-22-58-94(91)100(106)85-49-25-37-73(64-85)70-31-7-1-8-32-70)88-52-28-40-76(67-88)79-61-80(77-41-29-53-89(68-77)107(104)98(83-45-15-5-16-46-83)92-56-20-23-59-95(92)101(107)86-50-26-38-74(65-86)71-33-9-2-10-34-71)63-81(62-79)78-42-30-54-90(69-78)108(105)99(84-47-17-6-18-48-84)93-57-21-24-60-96(93)102(108)87-51-27-39-75(66-87)72-35-11-3-12-36-72/h1-69H. The molecule has 0 amide bonds. The lowest BCUT2D eigenvalue weighted by Crippen LogP contribution is -2.26. The lowest BCUT2D eigenvalue weighted by Gasteiger charge is -2.34. The molecule has 516 valence electrons. The molecule has 3 aliphatic rings. The van der Waals surface area contributed by atoms with E-state index in [1.165, 1.54) is 0 Å². The lowest BCUT2D eigenvalue weighted by atomic mass is 9.93. The maximum atomic E-state index is 17.8. The highest BCUT2D eigenvalue weighted by atomic mass is 31.2. The first-order valence-corrected chi connectivity index (χ1v) is 41.0. The van der Waals surface area contributed by atoms with Crippen molar-refractivity contribution in [3.63, 3.8) is 0 Å². The van der Waals surface area contributed by atoms with Gasteiger partial charge in [0.15, 0.2) is 0 Å². The number of rotatable bonds is 15. The molecule has 0 spiro atoms. The molecule has 3 aliphatic heterocycles. The van der Waals surface area contributed by atoms with Gasteiger partial charge >= 0.3 is 22.3 Å². The Bertz CT molecular complexity index is 5640. The van der Waals surface area contributed by atoms with Crippen LogP contribution in [0.15, 0.2) is 419 Å². The molecule has 0 saturated carbocycles. The van der Waals surface area contributed by atoms with E-state index in [1.807, 2.05) is 251 Å². The smallest absolute Gasteiger partial charge is 0.270 e. The average molecular weight is 1450 g/mol. The molecule has 3 unspecified atom stereocenters. The molecular weight excluding hydrogens is 1380 g/mol. The van der Waals surface area contributed by atoms with Gasteiger partial charge in [0.25, 0.3) is 0 Å². The number of hydrogen-bond donors (Lipinski definition) is 0. The fraction of sp³-hybridized carbons (Fsp3) is 0. The van der Waals surface area contributed by atoms with Gasteiger partial charge in [-0.2, -0.15) is 0 Å².